The van der Waals surface area contributed by atoms with E-state index in [4.69, 9.17) is 4.98 Å². The van der Waals surface area contributed by atoms with Crippen LogP contribution in [0.1, 0.15) is 21.5 Å². The first-order chi connectivity index (χ1) is 15.2. The van der Waals surface area contributed by atoms with E-state index in [1.165, 1.54) is 11.1 Å². The monoisotopic (exact) mass is 410 g/mol. The van der Waals surface area contributed by atoms with Gasteiger partial charge in [0.1, 0.15) is 5.82 Å². The molecule has 0 spiro atoms. The van der Waals surface area contributed by atoms with Crippen molar-refractivity contribution in [3.05, 3.63) is 89.5 Å². The van der Waals surface area contributed by atoms with E-state index in [9.17, 15) is 4.79 Å². The minimum absolute atomic E-state index is 0.0234. The van der Waals surface area contributed by atoms with Gasteiger partial charge in [-0.2, -0.15) is 0 Å². The maximum absolute atomic E-state index is 12.4. The predicted octanol–water partition coefficient (Wildman–Crippen LogP) is 4.12. The molecule has 1 aliphatic heterocycles. The van der Waals surface area contributed by atoms with Crippen molar-refractivity contribution >= 4 is 16.9 Å². The molecule has 1 amide bonds. The summed E-state index contributed by atoms with van der Waals surface area (Å²) in [7, 11) is 2.16. The number of carbonyl (C=O) groups is 1. The topological polar surface area (TPSA) is 50.2 Å². The Morgan fingerprint density at radius 3 is 2.58 bits per heavy atom. The van der Waals surface area contributed by atoms with Gasteiger partial charge in [0.05, 0.1) is 16.6 Å². The molecule has 0 aliphatic carbocycles. The molecule has 0 bridgehead atoms. The number of benzene rings is 3. The van der Waals surface area contributed by atoms with Crippen LogP contribution in [0, 0.1) is 0 Å². The molecule has 5 rings (SSSR count). The third-order valence-electron chi connectivity index (χ3n) is 5.92. The van der Waals surface area contributed by atoms with Crippen molar-refractivity contribution < 1.29 is 4.79 Å². The molecule has 4 aromatic rings. The quantitative estimate of drug-likeness (QED) is 0.520. The first-order valence-corrected chi connectivity index (χ1v) is 10.8. The van der Waals surface area contributed by atoms with E-state index in [0.717, 1.165) is 48.5 Å². The molecule has 0 atom stereocenters. The Labute approximate surface area is 182 Å². The van der Waals surface area contributed by atoms with Crippen molar-refractivity contribution in [3.8, 4) is 11.4 Å². The van der Waals surface area contributed by atoms with Crippen LogP contribution in [0.2, 0.25) is 0 Å². The van der Waals surface area contributed by atoms with Crippen LogP contribution >= 0.6 is 0 Å². The van der Waals surface area contributed by atoms with Gasteiger partial charge in [-0.1, -0.05) is 60.7 Å². The fraction of sp³-hybridized carbons (Fsp3) is 0.231. The van der Waals surface area contributed by atoms with Gasteiger partial charge in [-0.15, -0.1) is 0 Å². The highest BCUT2D eigenvalue weighted by Crippen LogP contribution is 2.28. The zero-order valence-electron chi connectivity index (χ0n) is 17.7. The van der Waals surface area contributed by atoms with Crippen LogP contribution in [0.25, 0.3) is 22.4 Å². The molecule has 5 nitrogen and oxygen atoms in total. The Morgan fingerprint density at radius 1 is 0.968 bits per heavy atom. The van der Waals surface area contributed by atoms with Crippen molar-refractivity contribution in [2.45, 2.75) is 19.5 Å². The number of hydrogen-bond acceptors (Lipinski definition) is 3. The molecule has 1 aromatic heterocycles. The predicted molar refractivity (Wildman–Crippen MR) is 124 cm³/mol. The van der Waals surface area contributed by atoms with Crippen LogP contribution < -0.4 is 5.32 Å². The minimum atomic E-state index is -0.0234. The average Bonchev–Trinajstić information content (AvgIpc) is 3.08. The first-order valence-electron chi connectivity index (χ1n) is 10.8. The highest BCUT2D eigenvalue weighted by atomic mass is 16.1. The van der Waals surface area contributed by atoms with Crippen molar-refractivity contribution in [3.63, 3.8) is 0 Å². The Bertz CT molecular complexity index is 1210. The molecule has 2 heterocycles. The third kappa shape index (κ3) is 3.97. The second kappa shape index (κ2) is 8.36. The van der Waals surface area contributed by atoms with Crippen molar-refractivity contribution in [2.75, 3.05) is 20.1 Å². The summed E-state index contributed by atoms with van der Waals surface area (Å²) in [6.07, 6.45) is 1.05. The van der Waals surface area contributed by atoms with Crippen LogP contribution in [0.3, 0.4) is 0 Å². The summed E-state index contributed by atoms with van der Waals surface area (Å²) in [5.41, 5.74) is 6.22. The Morgan fingerprint density at radius 2 is 1.77 bits per heavy atom. The number of carbonyl (C=O) groups excluding carboxylic acids is 1. The summed E-state index contributed by atoms with van der Waals surface area (Å²) in [4.78, 5) is 19.6. The molecular formula is C26H26N4O. The Balaban J connectivity index is 1.34. The van der Waals surface area contributed by atoms with Crippen LogP contribution in [0.4, 0.5) is 0 Å². The SMILES string of the molecule is CN(CCc1ccccc1)Cc1ccc(-c2nc3cccc4c3n2CCNC4=O)cc1. The van der Waals surface area contributed by atoms with Gasteiger partial charge in [-0.3, -0.25) is 4.79 Å². The van der Waals surface area contributed by atoms with Gasteiger partial charge in [0, 0.05) is 31.7 Å². The second-order valence-electron chi connectivity index (χ2n) is 8.19. The Hall–Kier alpha value is -3.44. The molecule has 156 valence electrons. The largest absolute Gasteiger partial charge is 0.350 e. The fourth-order valence-electron chi connectivity index (χ4n) is 4.30. The summed E-state index contributed by atoms with van der Waals surface area (Å²) in [5, 5.41) is 2.98. The molecule has 1 aliphatic rings. The number of nitrogens with zero attached hydrogens (tertiary/aromatic N) is 3. The maximum atomic E-state index is 12.4. The summed E-state index contributed by atoms with van der Waals surface area (Å²) < 4.78 is 2.17. The summed E-state index contributed by atoms with van der Waals surface area (Å²) in [6, 6.07) is 25.0. The van der Waals surface area contributed by atoms with Crippen LogP contribution in [0.5, 0.6) is 0 Å². The zero-order chi connectivity index (χ0) is 21.2. The first kappa shape index (κ1) is 19.5. The molecule has 5 heteroatoms. The van der Waals surface area contributed by atoms with E-state index in [0.29, 0.717) is 12.1 Å². The maximum Gasteiger partial charge on any atom is 0.253 e. The van der Waals surface area contributed by atoms with E-state index < -0.39 is 0 Å². The summed E-state index contributed by atoms with van der Waals surface area (Å²) in [5.74, 6) is 0.896. The number of rotatable bonds is 6. The van der Waals surface area contributed by atoms with E-state index in [2.05, 4.69) is 76.4 Å². The van der Waals surface area contributed by atoms with Crippen LogP contribution in [-0.2, 0) is 19.5 Å². The van der Waals surface area contributed by atoms with Gasteiger partial charge in [-0.05, 0) is 36.7 Å². The lowest BCUT2D eigenvalue weighted by atomic mass is 10.1. The van der Waals surface area contributed by atoms with Gasteiger partial charge >= 0.3 is 0 Å². The lowest BCUT2D eigenvalue weighted by Gasteiger charge is -2.17. The third-order valence-corrected chi connectivity index (χ3v) is 5.92. The zero-order valence-corrected chi connectivity index (χ0v) is 17.7. The molecule has 0 unspecified atom stereocenters. The van der Waals surface area contributed by atoms with Gasteiger partial charge in [0.15, 0.2) is 0 Å². The lowest BCUT2D eigenvalue weighted by molar-refractivity contribution is 0.0956. The summed E-state index contributed by atoms with van der Waals surface area (Å²) >= 11 is 0. The van der Waals surface area contributed by atoms with Gasteiger partial charge in [0.2, 0.25) is 0 Å². The molecule has 31 heavy (non-hydrogen) atoms. The van der Waals surface area contributed by atoms with E-state index >= 15 is 0 Å². The number of hydrogen-bond donors (Lipinski definition) is 1. The number of nitrogens with one attached hydrogen (secondary N) is 1. The standard InChI is InChI=1S/C26H26N4O/c1-29(16-14-19-6-3-2-4-7-19)18-20-10-12-21(13-11-20)25-28-23-9-5-8-22-24(23)30(25)17-15-27-26(22)31/h2-13H,14-18H2,1H3,(H,27,31). The molecule has 3 aromatic carbocycles. The van der Waals surface area contributed by atoms with Crippen LogP contribution in [0.15, 0.2) is 72.8 Å². The normalized spacial score (nSPS) is 13.4. The van der Waals surface area contributed by atoms with Gasteiger partial charge < -0.3 is 14.8 Å². The van der Waals surface area contributed by atoms with Gasteiger partial charge in [0.25, 0.3) is 5.91 Å². The Kier molecular flexibility index (Phi) is 5.26. The minimum Gasteiger partial charge on any atom is -0.350 e. The fourth-order valence-corrected chi connectivity index (χ4v) is 4.30. The van der Waals surface area contributed by atoms with Crippen molar-refractivity contribution in [1.82, 2.24) is 19.8 Å². The van der Waals surface area contributed by atoms with E-state index in [1.807, 2.05) is 18.2 Å². The van der Waals surface area contributed by atoms with E-state index in [-0.39, 0.29) is 5.91 Å². The highest BCUT2D eigenvalue weighted by molar-refractivity contribution is 6.06. The average molecular weight is 411 g/mol. The van der Waals surface area contributed by atoms with Gasteiger partial charge in [-0.25, -0.2) is 4.98 Å². The highest BCUT2D eigenvalue weighted by Gasteiger charge is 2.21. The number of para-hydroxylation sites is 1. The summed E-state index contributed by atoms with van der Waals surface area (Å²) in [6.45, 7) is 3.26. The number of amides is 1. The molecule has 0 radical (unpaired) electrons. The molecule has 1 N–H and O–H groups in total. The van der Waals surface area contributed by atoms with Crippen molar-refractivity contribution in [1.29, 1.82) is 0 Å². The number of imidazole rings is 1. The van der Waals surface area contributed by atoms with E-state index in [1.54, 1.807) is 0 Å². The smallest absolute Gasteiger partial charge is 0.253 e. The van der Waals surface area contributed by atoms with Crippen molar-refractivity contribution in [2.24, 2.45) is 0 Å². The lowest BCUT2D eigenvalue weighted by Crippen LogP contribution is -2.24. The number of likely N-dealkylation sites (N-methyl/N-ethyl adjacent to an activating group) is 1. The molecule has 0 saturated heterocycles. The number of aromatic nitrogens is 2. The molecule has 0 fully saturated rings. The second-order valence-corrected chi connectivity index (χ2v) is 8.19. The van der Waals surface area contributed by atoms with Crippen LogP contribution in [-0.4, -0.2) is 40.5 Å². The molecule has 0 saturated carbocycles. The molecular weight excluding hydrogens is 384 g/mol.